The Morgan fingerprint density at radius 3 is 2.33 bits per heavy atom. The zero-order valence-electron chi connectivity index (χ0n) is 10.5. The van der Waals surface area contributed by atoms with Crippen LogP contribution in [0.3, 0.4) is 0 Å². The minimum atomic E-state index is -0.434. The van der Waals surface area contributed by atoms with E-state index in [1.54, 1.807) is 4.90 Å². The fourth-order valence-electron chi connectivity index (χ4n) is 1.11. The summed E-state index contributed by atoms with van der Waals surface area (Å²) in [6.45, 7) is 11.4. The second-order valence-electron chi connectivity index (χ2n) is 4.86. The molecule has 90 valence electrons. The number of hydrogen-bond donors (Lipinski definition) is 1. The van der Waals surface area contributed by atoms with E-state index < -0.39 is 5.60 Å². The van der Waals surface area contributed by atoms with E-state index in [4.69, 9.17) is 10.5 Å². The highest BCUT2D eigenvalue weighted by molar-refractivity contribution is 5.68. The Labute approximate surface area is 92.8 Å². The van der Waals surface area contributed by atoms with Gasteiger partial charge in [-0.15, -0.1) is 0 Å². The third-order valence-electron chi connectivity index (χ3n) is 1.97. The average Bonchev–Trinajstić information content (AvgIpc) is 2.10. The molecule has 1 amide bonds. The summed E-state index contributed by atoms with van der Waals surface area (Å²) in [5, 5.41) is 0. The molecule has 4 nitrogen and oxygen atoms in total. The second kappa shape index (κ2) is 5.95. The van der Waals surface area contributed by atoms with Crippen LogP contribution in [0.1, 0.15) is 34.6 Å². The van der Waals surface area contributed by atoms with E-state index in [1.165, 1.54) is 0 Å². The highest BCUT2D eigenvalue weighted by Gasteiger charge is 2.21. The molecule has 0 radical (unpaired) electrons. The zero-order valence-corrected chi connectivity index (χ0v) is 10.5. The standard InChI is InChI=1S/C11H24N2O2/c1-6-13(8-9(2)7-12)10(14)15-11(3,4)5/h9H,6-8,12H2,1-5H3. The number of rotatable bonds is 4. The van der Waals surface area contributed by atoms with E-state index in [-0.39, 0.29) is 6.09 Å². The van der Waals surface area contributed by atoms with E-state index in [9.17, 15) is 4.79 Å². The van der Waals surface area contributed by atoms with Gasteiger partial charge in [0, 0.05) is 13.1 Å². The first-order chi connectivity index (χ1) is 6.80. The summed E-state index contributed by atoms with van der Waals surface area (Å²) in [5.41, 5.74) is 5.09. The van der Waals surface area contributed by atoms with Crippen LogP contribution in [0.2, 0.25) is 0 Å². The quantitative estimate of drug-likeness (QED) is 0.780. The van der Waals surface area contributed by atoms with Gasteiger partial charge in [0.1, 0.15) is 5.60 Å². The molecule has 0 aliphatic carbocycles. The van der Waals surface area contributed by atoms with Gasteiger partial charge in [0.15, 0.2) is 0 Å². The maximum absolute atomic E-state index is 11.7. The molecular weight excluding hydrogens is 192 g/mol. The number of ether oxygens (including phenoxy) is 1. The van der Waals surface area contributed by atoms with E-state index in [1.807, 2.05) is 34.6 Å². The van der Waals surface area contributed by atoms with Crippen LogP contribution < -0.4 is 5.73 Å². The SMILES string of the molecule is CCN(CC(C)CN)C(=O)OC(C)(C)C. The molecular formula is C11H24N2O2. The van der Waals surface area contributed by atoms with Crippen molar-refractivity contribution < 1.29 is 9.53 Å². The Kier molecular flexibility index (Phi) is 5.65. The largest absolute Gasteiger partial charge is 0.444 e. The molecule has 0 fully saturated rings. The number of hydrogen-bond acceptors (Lipinski definition) is 3. The van der Waals surface area contributed by atoms with Crippen LogP contribution in [-0.4, -0.2) is 36.2 Å². The minimum Gasteiger partial charge on any atom is -0.444 e. The molecule has 2 N–H and O–H groups in total. The van der Waals surface area contributed by atoms with Crippen LogP contribution in [-0.2, 0) is 4.74 Å². The fourth-order valence-corrected chi connectivity index (χ4v) is 1.11. The smallest absolute Gasteiger partial charge is 0.410 e. The first kappa shape index (κ1) is 14.2. The van der Waals surface area contributed by atoms with Crippen molar-refractivity contribution in [1.29, 1.82) is 0 Å². The Hall–Kier alpha value is -0.770. The predicted molar refractivity (Wildman–Crippen MR) is 61.7 cm³/mol. The van der Waals surface area contributed by atoms with Gasteiger partial charge in [0.25, 0.3) is 0 Å². The Morgan fingerprint density at radius 2 is 2.00 bits per heavy atom. The average molecular weight is 216 g/mol. The summed E-state index contributed by atoms with van der Waals surface area (Å²) < 4.78 is 5.28. The molecule has 0 bridgehead atoms. The molecule has 1 atom stereocenters. The first-order valence-electron chi connectivity index (χ1n) is 5.48. The summed E-state index contributed by atoms with van der Waals surface area (Å²) in [6.07, 6.45) is -0.259. The zero-order chi connectivity index (χ0) is 12.1. The molecule has 0 heterocycles. The number of carbonyl (C=O) groups is 1. The molecule has 0 saturated heterocycles. The number of nitrogens with zero attached hydrogens (tertiary/aromatic N) is 1. The van der Waals surface area contributed by atoms with Crippen LogP contribution in [0.15, 0.2) is 0 Å². The molecule has 0 aromatic carbocycles. The summed E-state index contributed by atoms with van der Waals surface area (Å²) in [4.78, 5) is 13.4. The molecule has 0 aromatic rings. The first-order valence-corrected chi connectivity index (χ1v) is 5.48. The van der Waals surface area contributed by atoms with Crippen molar-refractivity contribution in [2.45, 2.75) is 40.2 Å². The molecule has 0 aromatic heterocycles. The van der Waals surface area contributed by atoms with E-state index >= 15 is 0 Å². The van der Waals surface area contributed by atoms with Crippen molar-refractivity contribution >= 4 is 6.09 Å². The van der Waals surface area contributed by atoms with E-state index in [0.29, 0.717) is 25.6 Å². The summed E-state index contributed by atoms with van der Waals surface area (Å²) in [6, 6.07) is 0. The second-order valence-corrected chi connectivity index (χ2v) is 4.86. The van der Waals surface area contributed by atoms with Crippen LogP contribution in [0, 0.1) is 5.92 Å². The van der Waals surface area contributed by atoms with Gasteiger partial charge >= 0.3 is 6.09 Å². The Bertz CT molecular complexity index is 199. The topological polar surface area (TPSA) is 55.6 Å². The van der Waals surface area contributed by atoms with Crippen LogP contribution in [0.25, 0.3) is 0 Å². The van der Waals surface area contributed by atoms with Crippen molar-refractivity contribution in [3.05, 3.63) is 0 Å². The minimum absolute atomic E-state index is 0.259. The van der Waals surface area contributed by atoms with Crippen LogP contribution in [0.5, 0.6) is 0 Å². The number of amides is 1. The molecule has 15 heavy (non-hydrogen) atoms. The Morgan fingerprint density at radius 1 is 1.47 bits per heavy atom. The molecule has 0 aliphatic rings. The summed E-state index contributed by atoms with van der Waals surface area (Å²) in [7, 11) is 0. The Balaban J connectivity index is 4.23. The van der Waals surface area contributed by atoms with Crippen molar-refractivity contribution in [3.8, 4) is 0 Å². The molecule has 0 spiro atoms. The lowest BCUT2D eigenvalue weighted by molar-refractivity contribution is 0.0237. The van der Waals surface area contributed by atoms with E-state index in [2.05, 4.69) is 0 Å². The summed E-state index contributed by atoms with van der Waals surface area (Å²) >= 11 is 0. The number of carbonyl (C=O) groups excluding carboxylic acids is 1. The highest BCUT2D eigenvalue weighted by atomic mass is 16.6. The maximum atomic E-state index is 11.7. The highest BCUT2D eigenvalue weighted by Crippen LogP contribution is 2.10. The predicted octanol–water partition coefficient (Wildman–Crippen LogP) is 1.84. The fraction of sp³-hybridized carbons (Fsp3) is 0.909. The number of nitrogens with two attached hydrogens (primary N) is 1. The molecule has 0 aliphatic heterocycles. The van der Waals surface area contributed by atoms with Crippen molar-refractivity contribution in [2.24, 2.45) is 11.7 Å². The third kappa shape index (κ3) is 6.33. The molecule has 0 rings (SSSR count). The van der Waals surface area contributed by atoms with Gasteiger partial charge in [-0.2, -0.15) is 0 Å². The van der Waals surface area contributed by atoms with Gasteiger partial charge in [-0.25, -0.2) is 4.79 Å². The molecule has 1 unspecified atom stereocenters. The van der Waals surface area contributed by atoms with Crippen LogP contribution >= 0.6 is 0 Å². The van der Waals surface area contributed by atoms with Gasteiger partial charge in [0.05, 0.1) is 0 Å². The normalized spacial score (nSPS) is 13.5. The van der Waals surface area contributed by atoms with Gasteiger partial charge in [-0.05, 0) is 40.2 Å². The molecule has 0 saturated carbocycles. The van der Waals surface area contributed by atoms with Crippen molar-refractivity contribution in [1.82, 2.24) is 4.90 Å². The van der Waals surface area contributed by atoms with Gasteiger partial charge < -0.3 is 15.4 Å². The van der Waals surface area contributed by atoms with Crippen molar-refractivity contribution in [3.63, 3.8) is 0 Å². The molecule has 4 heteroatoms. The van der Waals surface area contributed by atoms with Gasteiger partial charge in [-0.1, -0.05) is 6.92 Å². The van der Waals surface area contributed by atoms with Crippen LogP contribution in [0.4, 0.5) is 4.79 Å². The third-order valence-corrected chi connectivity index (χ3v) is 1.97. The lowest BCUT2D eigenvalue weighted by atomic mass is 10.2. The lowest BCUT2D eigenvalue weighted by Crippen LogP contribution is -2.40. The van der Waals surface area contributed by atoms with Crippen molar-refractivity contribution in [2.75, 3.05) is 19.6 Å². The lowest BCUT2D eigenvalue weighted by Gasteiger charge is -2.28. The monoisotopic (exact) mass is 216 g/mol. The summed E-state index contributed by atoms with van der Waals surface area (Å²) in [5.74, 6) is 0.303. The van der Waals surface area contributed by atoms with Gasteiger partial charge in [-0.3, -0.25) is 0 Å². The van der Waals surface area contributed by atoms with Gasteiger partial charge in [0.2, 0.25) is 0 Å². The maximum Gasteiger partial charge on any atom is 0.410 e. The van der Waals surface area contributed by atoms with E-state index in [0.717, 1.165) is 0 Å².